The Labute approximate surface area is 165 Å². The molecule has 0 aliphatic heterocycles. The summed E-state index contributed by atoms with van der Waals surface area (Å²) in [5, 5.41) is -0.226. The molecule has 3 rings (SSSR count). The van der Waals surface area contributed by atoms with Crippen LogP contribution in [0.2, 0.25) is 5.02 Å². The number of anilines is 1. The Kier molecular flexibility index (Phi) is 5.43. The molecule has 140 valence electrons. The van der Waals surface area contributed by atoms with Gasteiger partial charge in [0.15, 0.2) is 5.82 Å². The molecular formula is C17H11BrClF3N4O. The molecule has 0 saturated carbocycles. The van der Waals surface area contributed by atoms with Crippen molar-refractivity contribution in [3.63, 3.8) is 0 Å². The Morgan fingerprint density at radius 2 is 1.89 bits per heavy atom. The van der Waals surface area contributed by atoms with E-state index in [2.05, 4.69) is 31.8 Å². The van der Waals surface area contributed by atoms with Crippen molar-refractivity contribution in [2.45, 2.75) is 6.18 Å². The van der Waals surface area contributed by atoms with E-state index >= 15 is 0 Å². The first-order valence-electron chi connectivity index (χ1n) is 7.48. The van der Waals surface area contributed by atoms with Gasteiger partial charge in [-0.05, 0) is 42.5 Å². The number of amides is 1. The van der Waals surface area contributed by atoms with Crippen LogP contribution >= 0.6 is 27.5 Å². The number of carbonyl (C=O) groups excluding carboxylic acids is 1. The fourth-order valence-corrected chi connectivity index (χ4v) is 2.76. The van der Waals surface area contributed by atoms with Gasteiger partial charge in [-0.15, -0.1) is 0 Å². The molecule has 3 aromatic rings. The minimum absolute atomic E-state index is 0.0171. The second-order valence-corrected chi connectivity index (χ2v) is 6.70. The van der Waals surface area contributed by atoms with E-state index in [0.29, 0.717) is 11.9 Å². The van der Waals surface area contributed by atoms with Crippen molar-refractivity contribution in [1.82, 2.24) is 15.0 Å². The van der Waals surface area contributed by atoms with E-state index in [9.17, 15) is 18.0 Å². The first kappa shape index (κ1) is 19.2. The van der Waals surface area contributed by atoms with Gasteiger partial charge < -0.3 is 0 Å². The van der Waals surface area contributed by atoms with Crippen molar-refractivity contribution in [2.24, 2.45) is 0 Å². The summed E-state index contributed by atoms with van der Waals surface area (Å²) in [5.41, 5.74) is 5.09. The second kappa shape index (κ2) is 7.61. The number of nitrogens with one attached hydrogen (secondary N) is 2. The Bertz CT molecular complexity index is 973. The maximum Gasteiger partial charge on any atom is 0.417 e. The molecule has 1 aromatic carbocycles. The standard InChI is InChI=1S/C17H11BrClF3N4O/c18-11-3-5-12(6-4-11)24-25-16(27)14-2-1-7-26(14)15-13(19)8-10(9-23-15)17(20,21)22/h1-9,24H,(H,25,27). The summed E-state index contributed by atoms with van der Waals surface area (Å²) in [5.74, 6) is -0.496. The smallest absolute Gasteiger partial charge is 0.298 e. The maximum atomic E-state index is 12.8. The molecule has 27 heavy (non-hydrogen) atoms. The largest absolute Gasteiger partial charge is 0.417 e. The minimum Gasteiger partial charge on any atom is -0.298 e. The Balaban J connectivity index is 1.81. The van der Waals surface area contributed by atoms with Crippen LogP contribution in [-0.4, -0.2) is 15.5 Å². The van der Waals surface area contributed by atoms with E-state index in [0.717, 1.165) is 10.5 Å². The second-order valence-electron chi connectivity index (χ2n) is 5.38. The number of hydrazine groups is 1. The van der Waals surface area contributed by atoms with E-state index in [1.54, 1.807) is 30.3 Å². The lowest BCUT2D eigenvalue weighted by Gasteiger charge is -2.13. The van der Waals surface area contributed by atoms with Gasteiger partial charge in [0.2, 0.25) is 0 Å². The van der Waals surface area contributed by atoms with Gasteiger partial charge in [0.25, 0.3) is 5.91 Å². The summed E-state index contributed by atoms with van der Waals surface area (Å²) >= 11 is 9.26. The first-order valence-corrected chi connectivity index (χ1v) is 8.65. The number of pyridine rings is 1. The molecule has 0 aliphatic rings. The van der Waals surface area contributed by atoms with Crippen molar-refractivity contribution in [3.8, 4) is 5.82 Å². The quantitative estimate of drug-likeness (QED) is 0.536. The van der Waals surface area contributed by atoms with Gasteiger partial charge in [0.05, 0.1) is 16.3 Å². The molecule has 0 bridgehead atoms. The molecule has 2 N–H and O–H groups in total. The highest BCUT2D eigenvalue weighted by atomic mass is 79.9. The molecule has 0 atom stereocenters. The summed E-state index contributed by atoms with van der Waals surface area (Å²) in [6, 6.07) is 10.9. The lowest BCUT2D eigenvalue weighted by atomic mass is 10.2. The van der Waals surface area contributed by atoms with Crippen LogP contribution in [0, 0.1) is 0 Å². The van der Waals surface area contributed by atoms with Gasteiger partial charge in [-0.3, -0.25) is 20.2 Å². The molecule has 10 heteroatoms. The van der Waals surface area contributed by atoms with Crippen LogP contribution in [0.4, 0.5) is 18.9 Å². The summed E-state index contributed by atoms with van der Waals surface area (Å²) in [6.45, 7) is 0. The Morgan fingerprint density at radius 3 is 2.52 bits per heavy atom. The lowest BCUT2D eigenvalue weighted by molar-refractivity contribution is -0.137. The number of alkyl halides is 3. The van der Waals surface area contributed by atoms with Gasteiger partial charge in [-0.1, -0.05) is 27.5 Å². The average Bonchev–Trinajstić information content (AvgIpc) is 3.09. The molecule has 0 spiro atoms. The molecular weight excluding hydrogens is 449 g/mol. The number of hydrogen-bond donors (Lipinski definition) is 2. The van der Waals surface area contributed by atoms with Gasteiger partial charge in [0.1, 0.15) is 5.69 Å². The normalized spacial score (nSPS) is 11.3. The van der Waals surface area contributed by atoms with Gasteiger partial charge in [-0.2, -0.15) is 13.2 Å². The minimum atomic E-state index is -4.55. The van der Waals surface area contributed by atoms with Crippen LogP contribution in [0.15, 0.2) is 59.3 Å². The molecule has 5 nitrogen and oxygen atoms in total. The summed E-state index contributed by atoms with van der Waals surface area (Å²) < 4.78 is 40.5. The van der Waals surface area contributed by atoms with Crippen LogP contribution in [0.25, 0.3) is 5.82 Å². The van der Waals surface area contributed by atoms with Gasteiger partial charge >= 0.3 is 6.18 Å². The van der Waals surface area contributed by atoms with E-state index in [1.165, 1.54) is 16.8 Å². The molecule has 2 aromatic heterocycles. The highest BCUT2D eigenvalue weighted by Gasteiger charge is 2.32. The van der Waals surface area contributed by atoms with E-state index in [4.69, 9.17) is 11.6 Å². The number of rotatable bonds is 4. The number of benzene rings is 1. The molecule has 0 fully saturated rings. The number of halogens is 5. The maximum absolute atomic E-state index is 12.8. The third-order valence-corrected chi connectivity index (χ3v) is 4.33. The van der Waals surface area contributed by atoms with Crippen LogP contribution in [0.5, 0.6) is 0 Å². The lowest BCUT2D eigenvalue weighted by Crippen LogP contribution is -2.31. The summed E-state index contributed by atoms with van der Waals surface area (Å²) in [4.78, 5) is 16.2. The highest BCUT2D eigenvalue weighted by molar-refractivity contribution is 9.10. The molecule has 0 saturated heterocycles. The molecule has 0 unspecified atom stereocenters. The monoisotopic (exact) mass is 458 g/mol. The van der Waals surface area contributed by atoms with E-state index < -0.39 is 17.6 Å². The highest BCUT2D eigenvalue weighted by Crippen LogP contribution is 2.32. The van der Waals surface area contributed by atoms with Crippen molar-refractivity contribution in [1.29, 1.82) is 0 Å². The van der Waals surface area contributed by atoms with Crippen molar-refractivity contribution < 1.29 is 18.0 Å². The summed E-state index contributed by atoms with van der Waals surface area (Å²) in [7, 11) is 0. The SMILES string of the molecule is O=C(NNc1ccc(Br)cc1)c1cccn1-c1ncc(C(F)(F)F)cc1Cl. The molecule has 0 radical (unpaired) electrons. The van der Waals surface area contributed by atoms with Crippen molar-refractivity contribution in [3.05, 3.63) is 75.6 Å². The van der Waals surface area contributed by atoms with Gasteiger partial charge in [-0.25, -0.2) is 4.98 Å². The molecule has 1 amide bonds. The van der Waals surface area contributed by atoms with Crippen LogP contribution in [0.3, 0.4) is 0 Å². The van der Waals surface area contributed by atoms with Gasteiger partial charge in [0, 0.05) is 16.9 Å². The van der Waals surface area contributed by atoms with E-state index in [-0.39, 0.29) is 16.5 Å². The average molecular weight is 460 g/mol. The predicted molar refractivity (Wildman–Crippen MR) is 98.8 cm³/mol. The topological polar surface area (TPSA) is 59.0 Å². The fourth-order valence-electron chi connectivity index (χ4n) is 2.24. The Morgan fingerprint density at radius 1 is 1.19 bits per heavy atom. The third-order valence-electron chi connectivity index (χ3n) is 3.52. The Hall–Kier alpha value is -2.52. The number of hydrogen-bond acceptors (Lipinski definition) is 3. The number of carbonyl (C=O) groups is 1. The predicted octanol–water partition coefficient (Wildman–Crippen LogP) is 5.06. The molecule has 0 aliphatic carbocycles. The summed E-state index contributed by atoms with van der Waals surface area (Å²) in [6.07, 6.45) is -2.40. The van der Waals surface area contributed by atoms with Crippen molar-refractivity contribution in [2.75, 3.05) is 5.43 Å². The van der Waals surface area contributed by atoms with Crippen LogP contribution in [0.1, 0.15) is 16.1 Å². The van der Waals surface area contributed by atoms with E-state index in [1.807, 2.05) is 0 Å². The van der Waals surface area contributed by atoms with Crippen LogP contribution in [-0.2, 0) is 6.18 Å². The zero-order chi connectivity index (χ0) is 19.6. The molecule has 2 heterocycles. The fraction of sp³-hybridized carbons (Fsp3) is 0.0588. The zero-order valence-electron chi connectivity index (χ0n) is 13.4. The first-order chi connectivity index (χ1) is 12.8. The number of nitrogens with zero attached hydrogens (tertiary/aromatic N) is 2. The zero-order valence-corrected chi connectivity index (χ0v) is 15.7. The van der Waals surface area contributed by atoms with Crippen LogP contribution < -0.4 is 10.9 Å². The third kappa shape index (κ3) is 4.42. The van der Waals surface area contributed by atoms with Crippen molar-refractivity contribution >= 4 is 39.1 Å². The number of aromatic nitrogens is 2.